The predicted molar refractivity (Wildman–Crippen MR) is 88.6 cm³/mol. The standard InChI is InChI=1S/C16H22BrN3O/c17-14-4-3-5-15(12-14)19-10-8-18(9-11-19)13-16(21)20-6-1-2-7-20/h3-5,12H,1-2,6-11,13H2. The van der Waals surface area contributed by atoms with Crippen LogP contribution in [0.4, 0.5) is 5.69 Å². The minimum atomic E-state index is 0.309. The molecule has 21 heavy (non-hydrogen) atoms. The van der Waals surface area contributed by atoms with Gasteiger partial charge in [-0.2, -0.15) is 0 Å². The number of rotatable bonds is 3. The number of anilines is 1. The average Bonchev–Trinajstić information content (AvgIpc) is 3.02. The molecule has 0 radical (unpaired) electrons. The van der Waals surface area contributed by atoms with Gasteiger partial charge < -0.3 is 9.80 Å². The van der Waals surface area contributed by atoms with Crippen molar-refractivity contribution in [1.29, 1.82) is 0 Å². The fourth-order valence-electron chi connectivity index (χ4n) is 3.09. The zero-order valence-corrected chi connectivity index (χ0v) is 13.9. The number of piperazine rings is 1. The summed E-state index contributed by atoms with van der Waals surface area (Å²) < 4.78 is 1.12. The molecule has 2 aliphatic rings. The van der Waals surface area contributed by atoms with E-state index in [1.807, 2.05) is 4.90 Å². The fraction of sp³-hybridized carbons (Fsp3) is 0.562. The largest absolute Gasteiger partial charge is 0.369 e. The van der Waals surface area contributed by atoms with Crippen LogP contribution in [-0.2, 0) is 4.79 Å². The number of amides is 1. The first-order valence-electron chi connectivity index (χ1n) is 7.73. The van der Waals surface area contributed by atoms with Gasteiger partial charge in [-0.25, -0.2) is 0 Å². The summed E-state index contributed by atoms with van der Waals surface area (Å²) in [6.07, 6.45) is 2.34. The van der Waals surface area contributed by atoms with Gasteiger partial charge in [-0.1, -0.05) is 22.0 Å². The fourth-order valence-corrected chi connectivity index (χ4v) is 3.48. The van der Waals surface area contributed by atoms with Crippen LogP contribution in [-0.4, -0.2) is 61.5 Å². The second-order valence-corrected chi connectivity index (χ2v) is 6.75. The summed E-state index contributed by atoms with van der Waals surface area (Å²) in [6.45, 7) is 6.41. The van der Waals surface area contributed by atoms with Gasteiger partial charge in [-0.3, -0.25) is 9.69 Å². The van der Waals surface area contributed by atoms with E-state index in [2.05, 4.69) is 50.0 Å². The first kappa shape index (κ1) is 14.9. The molecule has 0 saturated carbocycles. The van der Waals surface area contributed by atoms with Crippen molar-refractivity contribution in [2.75, 3.05) is 50.7 Å². The summed E-state index contributed by atoms with van der Waals surface area (Å²) in [4.78, 5) is 18.9. The Kier molecular flexibility index (Phi) is 4.80. The Morgan fingerprint density at radius 1 is 1.05 bits per heavy atom. The van der Waals surface area contributed by atoms with Crippen molar-refractivity contribution in [3.8, 4) is 0 Å². The summed E-state index contributed by atoms with van der Waals surface area (Å²) in [5, 5.41) is 0. The topological polar surface area (TPSA) is 26.8 Å². The number of hydrogen-bond acceptors (Lipinski definition) is 3. The smallest absolute Gasteiger partial charge is 0.236 e. The van der Waals surface area contributed by atoms with E-state index in [-0.39, 0.29) is 0 Å². The Balaban J connectivity index is 1.49. The van der Waals surface area contributed by atoms with E-state index in [1.54, 1.807) is 0 Å². The third-order valence-corrected chi connectivity index (χ3v) is 4.86. The van der Waals surface area contributed by atoms with Crippen LogP contribution in [0.15, 0.2) is 28.7 Å². The number of carbonyl (C=O) groups excluding carboxylic acids is 1. The molecule has 0 unspecified atom stereocenters. The molecular formula is C16H22BrN3O. The maximum absolute atomic E-state index is 12.2. The molecule has 0 aromatic heterocycles. The number of nitrogens with zero attached hydrogens (tertiary/aromatic N) is 3. The molecule has 1 aromatic carbocycles. The summed E-state index contributed by atoms with van der Waals surface area (Å²) in [7, 11) is 0. The van der Waals surface area contributed by atoms with Crippen molar-refractivity contribution in [3.05, 3.63) is 28.7 Å². The van der Waals surface area contributed by atoms with Crippen LogP contribution in [0.1, 0.15) is 12.8 Å². The molecule has 0 N–H and O–H groups in total. The summed E-state index contributed by atoms with van der Waals surface area (Å²) in [5.74, 6) is 0.309. The lowest BCUT2D eigenvalue weighted by atomic mass is 10.2. The normalized spacial score (nSPS) is 20.0. The summed E-state index contributed by atoms with van der Waals surface area (Å²) >= 11 is 3.52. The number of likely N-dealkylation sites (tertiary alicyclic amines) is 1. The van der Waals surface area contributed by atoms with Gasteiger partial charge >= 0.3 is 0 Å². The van der Waals surface area contributed by atoms with Crippen molar-refractivity contribution in [1.82, 2.24) is 9.80 Å². The number of halogens is 1. The van der Waals surface area contributed by atoms with Crippen LogP contribution in [0.3, 0.4) is 0 Å². The van der Waals surface area contributed by atoms with Crippen molar-refractivity contribution in [2.45, 2.75) is 12.8 Å². The second kappa shape index (κ2) is 6.79. The molecule has 3 rings (SSSR count). The maximum Gasteiger partial charge on any atom is 0.236 e. The second-order valence-electron chi connectivity index (χ2n) is 5.83. The molecule has 4 nitrogen and oxygen atoms in total. The highest BCUT2D eigenvalue weighted by Gasteiger charge is 2.23. The zero-order valence-electron chi connectivity index (χ0n) is 12.3. The molecule has 1 amide bonds. The van der Waals surface area contributed by atoms with E-state index < -0.39 is 0 Å². The Morgan fingerprint density at radius 2 is 1.76 bits per heavy atom. The zero-order chi connectivity index (χ0) is 14.7. The number of hydrogen-bond donors (Lipinski definition) is 0. The highest BCUT2D eigenvalue weighted by Crippen LogP contribution is 2.21. The van der Waals surface area contributed by atoms with Crippen molar-refractivity contribution < 1.29 is 4.79 Å². The van der Waals surface area contributed by atoms with E-state index in [0.29, 0.717) is 12.5 Å². The van der Waals surface area contributed by atoms with Crippen molar-refractivity contribution in [2.24, 2.45) is 0 Å². The van der Waals surface area contributed by atoms with Crippen LogP contribution < -0.4 is 4.90 Å². The van der Waals surface area contributed by atoms with Crippen LogP contribution >= 0.6 is 15.9 Å². The van der Waals surface area contributed by atoms with Crippen LogP contribution in [0.25, 0.3) is 0 Å². The molecule has 0 spiro atoms. The molecule has 2 aliphatic heterocycles. The highest BCUT2D eigenvalue weighted by molar-refractivity contribution is 9.10. The van der Waals surface area contributed by atoms with Crippen molar-refractivity contribution >= 4 is 27.5 Å². The Labute approximate surface area is 134 Å². The van der Waals surface area contributed by atoms with E-state index in [0.717, 1.165) is 43.7 Å². The SMILES string of the molecule is O=C(CN1CCN(c2cccc(Br)c2)CC1)N1CCCC1. The average molecular weight is 352 g/mol. The minimum Gasteiger partial charge on any atom is -0.369 e. The van der Waals surface area contributed by atoms with Gasteiger partial charge in [0, 0.05) is 49.4 Å². The molecule has 0 bridgehead atoms. The molecule has 0 atom stereocenters. The van der Waals surface area contributed by atoms with E-state index >= 15 is 0 Å². The summed E-state index contributed by atoms with van der Waals surface area (Å²) in [6, 6.07) is 8.43. The molecule has 1 aromatic rings. The Morgan fingerprint density at radius 3 is 2.43 bits per heavy atom. The number of benzene rings is 1. The van der Waals surface area contributed by atoms with Crippen LogP contribution in [0.2, 0.25) is 0 Å². The van der Waals surface area contributed by atoms with E-state index in [1.165, 1.54) is 18.5 Å². The van der Waals surface area contributed by atoms with Gasteiger partial charge in [0.25, 0.3) is 0 Å². The quantitative estimate of drug-likeness (QED) is 0.835. The van der Waals surface area contributed by atoms with Crippen molar-refractivity contribution in [3.63, 3.8) is 0 Å². The minimum absolute atomic E-state index is 0.309. The Hall–Kier alpha value is -1.07. The lowest BCUT2D eigenvalue weighted by Crippen LogP contribution is -2.49. The number of carbonyl (C=O) groups is 1. The van der Waals surface area contributed by atoms with Gasteiger partial charge in [0.05, 0.1) is 6.54 Å². The van der Waals surface area contributed by atoms with E-state index in [4.69, 9.17) is 0 Å². The predicted octanol–water partition coefficient (Wildman–Crippen LogP) is 2.19. The maximum atomic E-state index is 12.2. The third kappa shape index (κ3) is 3.77. The van der Waals surface area contributed by atoms with Gasteiger partial charge in [-0.15, -0.1) is 0 Å². The molecule has 2 fully saturated rings. The lowest BCUT2D eigenvalue weighted by Gasteiger charge is -2.36. The van der Waals surface area contributed by atoms with E-state index in [9.17, 15) is 4.79 Å². The van der Waals surface area contributed by atoms with Gasteiger partial charge in [0.2, 0.25) is 5.91 Å². The first-order chi connectivity index (χ1) is 10.2. The molecule has 5 heteroatoms. The molecular weight excluding hydrogens is 330 g/mol. The van der Waals surface area contributed by atoms with Crippen LogP contribution in [0.5, 0.6) is 0 Å². The first-order valence-corrected chi connectivity index (χ1v) is 8.52. The van der Waals surface area contributed by atoms with Crippen LogP contribution in [0, 0.1) is 0 Å². The van der Waals surface area contributed by atoms with Gasteiger partial charge in [-0.05, 0) is 31.0 Å². The third-order valence-electron chi connectivity index (χ3n) is 4.36. The van der Waals surface area contributed by atoms with Gasteiger partial charge in [0.15, 0.2) is 0 Å². The molecule has 0 aliphatic carbocycles. The Bertz CT molecular complexity index is 494. The molecule has 2 heterocycles. The highest BCUT2D eigenvalue weighted by atomic mass is 79.9. The lowest BCUT2D eigenvalue weighted by molar-refractivity contribution is -0.131. The van der Waals surface area contributed by atoms with Gasteiger partial charge in [0.1, 0.15) is 0 Å². The monoisotopic (exact) mass is 351 g/mol. The summed E-state index contributed by atoms with van der Waals surface area (Å²) in [5.41, 5.74) is 1.26. The molecule has 2 saturated heterocycles. The molecule has 114 valence electrons.